The van der Waals surface area contributed by atoms with Crippen molar-refractivity contribution in [2.75, 3.05) is 14.2 Å². The Bertz CT molecular complexity index is 736. The van der Waals surface area contributed by atoms with Crippen LogP contribution < -0.4 is 14.8 Å². The fourth-order valence-electron chi connectivity index (χ4n) is 2.41. The minimum atomic E-state index is -0.200. The average Bonchev–Trinajstić information content (AvgIpc) is 2.65. The van der Waals surface area contributed by atoms with Gasteiger partial charge in [-0.2, -0.15) is 0 Å². The van der Waals surface area contributed by atoms with Crippen LogP contribution in [0, 0.1) is 0 Å². The van der Waals surface area contributed by atoms with E-state index >= 15 is 0 Å². The first-order valence-corrected chi connectivity index (χ1v) is 9.13. The molecule has 5 nitrogen and oxygen atoms in total. The molecule has 0 fully saturated rings. The second-order valence-corrected chi connectivity index (χ2v) is 6.80. The molecule has 0 aromatic heterocycles. The van der Waals surface area contributed by atoms with Crippen molar-refractivity contribution >= 4 is 21.8 Å². The average molecular weight is 422 g/mol. The first-order valence-electron chi connectivity index (χ1n) is 8.34. The third-order valence-electron chi connectivity index (χ3n) is 3.84. The quantitative estimate of drug-likeness (QED) is 0.689. The molecule has 0 atom stereocenters. The van der Waals surface area contributed by atoms with Crippen molar-refractivity contribution in [3.8, 4) is 11.5 Å². The first-order chi connectivity index (χ1) is 12.5. The van der Waals surface area contributed by atoms with Crippen LogP contribution in [0.3, 0.4) is 0 Å². The van der Waals surface area contributed by atoms with Crippen LogP contribution in [-0.4, -0.2) is 26.2 Å². The lowest BCUT2D eigenvalue weighted by atomic mass is 10.1. The predicted molar refractivity (Wildman–Crippen MR) is 105 cm³/mol. The van der Waals surface area contributed by atoms with E-state index in [2.05, 4.69) is 21.2 Å². The van der Waals surface area contributed by atoms with Gasteiger partial charge in [0.1, 0.15) is 16.0 Å². The van der Waals surface area contributed by atoms with E-state index < -0.39 is 0 Å². The van der Waals surface area contributed by atoms with Crippen LogP contribution in [0.4, 0.5) is 0 Å². The van der Waals surface area contributed by atoms with Crippen LogP contribution in [-0.2, 0) is 17.9 Å². The van der Waals surface area contributed by atoms with Crippen LogP contribution in [0.5, 0.6) is 11.5 Å². The molecule has 0 saturated carbocycles. The van der Waals surface area contributed by atoms with Gasteiger partial charge in [-0.25, -0.2) is 0 Å². The molecule has 1 amide bonds. The number of rotatable bonds is 8. The maximum absolute atomic E-state index is 12.6. The Balaban J connectivity index is 2.12. The summed E-state index contributed by atoms with van der Waals surface area (Å²) in [6.07, 6.45) is 0.153. The molecule has 0 bridgehead atoms. The number of ether oxygens (including phenoxy) is 3. The predicted octanol–water partition coefficient (Wildman–Crippen LogP) is 4.32. The number of hydrogen-bond acceptors (Lipinski definition) is 4. The summed E-state index contributed by atoms with van der Waals surface area (Å²) in [6, 6.07) is 11.3. The van der Waals surface area contributed by atoms with Gasteiger partial charge < -0.3 is 19.5 Å². The van der Waals surface area contributed by atoms with E-state index in [0.717, 1.165) is 11.1 Å². The monoisotopic (exact) mass is 421 g/mol. The lowest BCUT2D eigenvalue weighted by Gasteiger charge is -2.14. The first kappa shape index (κ1) is 20.3. The molecule has 140 valence electrons. The fourth-order valence-corrected chi connectivity index (χ4v) is 2.96. The van der Waals surface area contributed by atoms with Gasteiger partial charge in [-0.05, 0) is 53.0 Å². The summed E-state index contributed by atoms with van der Waals surface area (Å²) in [7, 11) is 3.10. The van der Waals surface area contributed by atoms with Gasteiger partial charge >= 0.3 is 0 Å². The number of benzene rings is 2. The smallest absolute Gasteiger partial charge is 0.251 e. The van der Waals surface area contributed by atoms with Gasteiger partial charge in [-0.15, -0.1) is 0 Å². The topological polar surface area (TPSA) is 56.8 Å². The molecule has 0 heterocycles. The van der Waals surface area contributed by atoms with Crippen molar-refractivity contribution < 1.29 is 19.0 Å². The van der Waals surface area contributed by atoms with E-state index in [1.165, 1.54) is 0 Å². The number of halogens is 1. The standard InChI is InChI=1S/C20H24BrNO4/c1-13(2)26-12-15-8-6-5-7-14(15)11-22-20(23)16-9-17(24-3)19(21)18(10-16)25-4/h5-10,13H,11-12H2,1-4H3,(H,22,23). The number of nitrogens with one attached hydrogen (secondary N) is 1. The molecular formula is C20H24BrNO4. The number of carbonyl (C=O) groups is 1. The van der Waals surface area contributed by atoms with Gasteiger partial charge in [0.05, 0.1) is 26.9 Å². The Morgan fingerprint density at radius 3 is 2.19 bits per heavy atom. The summed E-state index contributed by atoms with van der Waals surface area (Å²) in [5, 5.41) is 2.94. The van der Waals surface area contributed by atoms with Crippen molar-refractivity contribution in [1.29, 1.82) is 0 Å². The van der Waals surface area contributed by atoms with Crippen molar-refractivity contribution in [2.45, 2.75) is 33.1 Å². The second-order valence-electron chi connectivity index (χ2n) is 6.01. The summed E-state index contributed by atoms with van der Waals surface area (Å²) in [4.78, 5) is 12.6. The minimum absolute atomic E-state index is 0.153. The van der Waals surface area contributed by atoms with E-state index in [1.807, 2.05) is 38.1 Å². The largest absolute Gasteiger partial charge is 0.495 e. The SMILES string of the molecule is COc1cc(C(=O)NCc2ccccc2COC(C)C)cc(OC)c1Br. The Morgan fingerprint density at radius 2 is 1.65 bits per heavy atom. The highest BCUT2D eigenvalue weighted by atomic mass is 79.9. The summed E-state index contributed by atoms with van der Waals surface area (Å²) >= 11 is 3.40. The molecule has 0 aliphatic heterocycles. The summed E-state index contributed by atoms with van der Waals surface area (Å²) in [5.74, 6) is 0.883. The molecule has 0 spiro atoms. The Labute approximate surface area is 162 Å². The zero-order valence-corrected chi connectivity index (χ0v) is 17.1. The molecule has 6 heteroatoms. The minimum Gasteiger partial charge on any atom is -0.495 e. The van der Waals surface area contributed by atoms with Gasteiger partial charge in [0.15, 0.2) is 0 Å². The highest BCUT2D eigenvalue weighted by Crippen LogP contribution is 2.35. The van der Waals surface area contributed by atoms with Gasteiger partial charge in [0.25, 0.3) is 5.91 Å². The van der Waals surface area contributed by atoms with E-state index in [1.54, 1.807) is 26.4 Å². The van der Waals surface area contributed by atoms with Crippen molar-refractivity contribution in [2.24, 2.45) is 0 Å². The number of carbonyl (C=O) groups excluding carboxylic acids is 1. The van der Waals surface area contributed by atoms with Crippen molar-refractivity contribution in [1.82, 2.24) is 5.32 Å². The highest BCUT2D eigenvalue weighted by molar-refractivity contribution is 9.10. The Kier molecular flexibility index (Phi) is 7.48. The van der Waals surface area contributed by atoms with E-state index in [4.69, 9.17) is 14.2 Å². The Morgan fingerprint density at radius 1 is 1.08 bits per heavy atom. The van der Waals surface area contributed by atoms with Crippen LogP contribution >= 0.6 is 15.9 Å². The summed E-state index contributed by atoms with van der Waals surface area (Å²) in [5.41, 5.74) is 2.56. The molecule has 26 heavy (non-hydrogen) atoms. The van der Waals surface area contributed by atoms with Gasteiger partial charge in [-0.3, -0.25) is 4.79 Å². The molecule has 2 aromatic carbocycles. The van der Waals surface area contributed by atoms with Gasteiger partial charge in [0, 0.05) is 12.1 Å². The molecule has 0 aliphatic carbocycles. The van der Waals surface area contributed by atoms with Gasteiger partial charge in [0.2, 0.25) is 0 Å². The molecule has 0 aliphatic rings. The maximum atomic E-state index is 12.6. The lowest BCUT2D eigenvalue weighted by molar-refractivity contribution is 0.0651. The van der Waals surface area contributed by atoms with Crippen molar-refractivity contribution in [3.63, 3.8) is 0 Å². The molecule has 2 rings (SSSR count). The highest BCUT2D eigenvalue weighted by Gasteiger charge is 2.15. The molecule has 0 saturated heterocycles. The zero-order valence-electron chi connectivity index (χ0n) is 15.5. The van der Waals surface area contributed by atoms with Crippen LogP contribution in [0.2, 0.25) is 0 Å². The third kappa shape index (κ3) is 5.22. The fraction of sp³-hybridized carbons (Fsp3) is 0.350. The number of hydrogen-bond donors (Lipinski definition) is 1. The van der Waals surface area contributed by atoms with E-state index in [0.29, 0.717) is 34.7 Å². The summed E-state index contributed by atoms with van der Waals surface area (Å²) in [6.45, 7) is 4.93. The number of amides is 1. The zero-order chi connectivity index (χ0) is 19.1. The van der Waals surface area contributed by atoms with Crippen molar-refractivity contribution in [3.05, 3.63) is 57.6 Å². The lowest BCUT2D eigenvalue weighted by Crippen LogP contribution is -2.23. The second kappa shape index (κ2) is 9.59. The van der Waals surface area contributed by atoms with E-state index in [-0.39, 0.29) is 12.0 Å². The van der Waals surface area contributed by atoms with Crippen LogP contribution in [0.25, 0.3) is 0 Å². The van der Waals surface area contributed by atoms with E-state index in [9.17, 15) is 4.79 Å². The normalized spacial score (nSPS) is 10.7. The molecule has 2 aromatic rings. The number of methoxy groups -OCH3 is 2. The third-order valence-corrected chi connectivity index (χ3v) is 4.62. The summed E-state index contributed by atoms with van der Waals surface area (Å²) < 4.78 is 16.9. The van der Waals surface area contributed by atoms with Crippen LogP contribution in [0.1, 0.15) is 35.3 Å². The molecule has 1 N–H and O–H groups in total. The molecule has 0 radical (unpaired) electrons. The molecular weight excluding hydrogens is 398 g/mol. The van der Waals surface area contributed by atoms with Crippen LogP contribution in [0.15, 0.2) is 40.9 Å². The molecule has 0 unspecified atom stereocenters. The Hall–Kier alpha value is -2.05. The van der Waals surface area contributed by atoms with Gasteiger partial charge in [-0.1, -0.05) is 24.3 Å². The maximum Gasteiger partial charge on any atom is 0.251 e.